The molecule has 0 aliphatic carbocycles. The van der Waals surface area contributed by atoms with Crippen LogP contribution in [0.5, 0.6) is 17.4 Å². The largest absolute Gasteiger partial charge is 0.493 e. The number of methoxy groups -OCH3 is 3. The molecule has 0 aliphatic heterocycles. The second-order valence-electron chi connectivity index (χ2n) is 4.87. The fourth-order valence-electron chi connectivity index (χ4n) is 2.37. The topological polar surface area (TPSA) is 57.7 Å². The van der Waals surface area contributed by atoms with Crippen molar-refractivity contribution in [2.24, 2.45) is 0 Å². The lowest BCUT2D eigenvalue weighted by molar-refractivity contribution is 0.103. The monoisotopic (exact) mass is 367 g/mol. The predicted molar refractivity (Wildman–Crippen MR) is 95.3 cm³/mol. The summed E-state index contributed by atoms with van der Waals surface area (Å²) in [6, 6.07) is 3.41. The van der Waals surface area contributed by atoms with Crippen LogP contribution in [0.15, 0.2) is 23.2 Å². The number of benzene rings is 1. The summed E-state index contributed by atoms with van der Waals surface area (Å²) >= 11 is 7.57. The summed E-state index contributed by atoms with van der Waals surface area (Å²) in [6.45, 7) is 1.83. The molecule has 0 N–H and O–H groups in total. The van der Waals surface area contributed by atoms with E-state index < -0.39 is 0 Å². The molecule has 0 radical (unpaired) electrons. The quantitative estimate of drug-likeness (QED) is 0.567. The minimum atomic E-state index is -0.232. The zero-order chi connectivity index (χ0) is 17.9. The van der Waals surface area contributed by atoms with Gasteiger partial charge in [-0.1, -0.05) is 11.6 Å². The standard InChI is InChI=1S/C17H18ClNO4S/c1-9-6-12(21-2)13(22-3)7-10(9)15(20)14-16(24-5)11(18)8-19-17(14)23-4/h6-8H,1-5H3. The first-order chi connectivity index (χ1) is 11.5. The highest BCUT2D eigenvalue weighted by atomic mass is 35.5. The van der Waals surface area contributed by atoms with Crippen LogP contribution in [0.25, 0.3) is 0 Å². The minimum absolute atomic E-state index is 0.232. The van der Waals surface area contributed by atoms with Crippen LogP contribution in [-0.2, 0) is 0 Å². The van der Waals surface area contributed by atoms with E-state index >= 15 is 0 Å². The highest BCUT2D eigenvalue weighted by Crippen LogP contribution is 2.37. The third-order valence-corrected chi connectivity index (χ3v) is 4.78. The molecular formula is C17H18ClNO4S. The molecule has 7 heteroatoms. The van der Waals surface area contributed by atoms with Gasteiger partial charge in [0.25, 0.3) is 0 Å². The normalized spacial score (nSPS) is 10.4. The maximum absolute atomic E-state index is 13.2. The highest BCUT2D eigenvalue weighted by Gasteiger charge is 2.25. The molecule has 0 atom stereocenters. The highest BCUT2D eigenvalue weighted by molar-refractivity contribution is 7.98. The van der Waals surface area contributed by atoms with Crippen molar-refractivity contribution >= 4 is 29.1 Å². The van der Waals surface area contributed by atoms with Crippen LogP contribution in [0.4, 0.5) is 0 Å². The fraction of sp³-hybridized carbons (Fsp3) is 0.294. The van der Waals surface area contributed by atoms with Gasteiger partial charge in [-0.25, -0.2) is 4.98 Å². The van der Waals surface area contributed by atoms with Crippen molar-refractivity contribution in [1.82, 2.24) is 4.98 Å². The van der Waals surface area contributed by atoms with Crippen molar-refractivity contribution in [2.45, 2.75) is 11.8 Å². The molecule has 0 amide bonds. The maximum atomic E-state index is 13.2. The van der Waals surface area contributed by atoms with Gasteiger partial charge in [0.05, 0.1) is 38.1 Å². The Morgan fingerprint density at radius 1 is 1.12 bits per heavy atom. The van der Waals surface area contributed by atoms with Crippen molar-refractivity contribution in [1.29, 1.82) is 0 Å². The number of halogens is 1. The van der Waals surface area contributed by atoms with E-state index in [1.54, 1.807) is 19.2 Å². The number of thioether (sulfide) groups is 1. The second kappa shape index (κ2) is 7.77. The molecule has 1 aromatic heterocycles. The average Bonchev–Trinajstić information content (AvgIpc) is 2.60. The molecule has 0 unspecified atom stereocenters. The molecule has 0 fully saturated rings. The van der Waals surface area contributed by atoms with Gasteiger partial charge >= 0.3 is 0 Å². The van der Waals surface area contributed by atoms with Crippen LogP contribution < -0.4 is 14.2 Å². The Kier molecular flexibility index (Phi) is 5.96. The third-order valence-electron chi connectivity index (χ3n) is 3.55. The molecule has 2 rings (SSSR count). The van der Waals surface area contributed by atoms with Gasteiger partial charge in [-0.05, 0) is 30.9 Å². The minimum Gasteiger partial charge on any atom is -0.493 e. The number of nitrogens with zero attached hydrogens (tertiary/aromatic N) is 1. The van der Waals surface area contributed by atoms with Crippen molar-refractivity contribution in [3.63, 3.8) is 0 Å². The molecule has 0 aliphatic rings. The lowest BCUT2D eigenvalue weighted by Crippen LogP contribution is -2.10. The summed E-state index contributed by atoms with van der Waals surface area (Å²) in [6.07, 6.45) is 3.32. The fourth-order valence-corrected chi connectivity index (χ4v) is 3.38. The van der Waals surface area contributed by atoms with Crippen LogP contribution in [0.2, 0.25) is 5.02 Å². The maximum Gasteiger partial charge on any atom is 0.225 e. The van der Waals surface area contributed by atoms with E-state index in [2.05, 4.69) is 4.98 Å². The zero-order valence-electron chi connectivity index (χ0n) is 14.1. The summed E-state index contributed by atoms with van der Waals surface area (Å²) in [5.41, 5.74) is 1.57. The number of carbonyl (C=O) groups is 1. The van der Waals surface area contributed by atoms with Crippen LogP contribution in [0.1, 0.15) is 21.5 Å². The van der Waals surface area contributed by atoms with Crippen LogP contribution in [0.3, 0.4) is 0 Å². The Morgan fingerprint density at radius 3 is 2.29 bits per heavy atom. The molecule has 24 heavy (non-hydrogen) atoms. The van der Waals surface area contributed by atoms with Gasteiger partial charge in [0.15, 0.2) is 17.3 Å². The SMILES string of the molecule is COc1cc(C)c(C(=O)c2c(OC)ncc(Cl)c2SC)cc1OC. The first-order valence-electron chi connectivity index (χ1n) is 7.02. The Morgan fingerprint density at radius 2 is 1.75 bits per heavy atom. The van der Waals surface area contributed by atoms with Crippen LogP contribution >= 0.6 is 23.4 Å². The number of hydrogen-bond donors (Lipinski definition) is 0. The molecule has 0 bridgehead atoms. The number of ether oxygens (including phenoxy) is 3. The van der Waals surface area contributed by atoms with E-state index in [0.29, 0.717) is 32.5 Å². The number of pyridine rings is 1. The van der Waals surface area contributed by atoms with Crippen LogP contribution in [-0.4, -0.2) is 38.4 Å². The first kappa shape index (κ1) is 18.4. The van der Waals surface area contributed by atoms with Gasteiger partial charge in [-0.3, -0.25) is 4.79 Å². The molecular weight excluding hydrogens is 350 g/mol. The summed E-state index contributed by atoms with van der Waals surface area (Å²) in [7, 11) is 4.55. The molecule has 128 valence electrons. The summed E-state index contributed by atoms with van der Waals surface area (Å²) < 4.78 is 15.8. The number of hydrogen-bond acceptors (Lipinski definition) is 6. The number of carbonyl (C=O) groups excluding carboxylic acids is 1. The van der Waals surface area contributed by atoms with E-state index in [1.165, 1.54) is 32.2 Å². The molecule has 1 aromatic carbocycles. The lowest BCUT2D eigenvalue weighted by atomic mass is 9.99. The number of rotatable bonds is 6. The van der Waals surface area contributed by atoms with E-state index in [0.717, 1.165) is 5.56 Å². The summed E-state index contributed by atoms with van der Waals surface area (Å²) in [4.78, 5) is 17.9. The second-order valence-corrected chi connectivity index (χ2v) is 6.10. The van der Waals surface area contributed by atoms with Gasteiger partial charge in [-0.2, -0.15) is 0 Å². The van der Waals surface area contributed by atoms with E-state index in [-0.39, 0.29) is 11.7 Å². The van der Waals surface area contributed by atoms with Crippen molar-refractivity contribution in [3.05, 3.63) is 40.0 Å². The molecule has 2 aromatic rings. The average molecular weight is 368 g/mol. The van der Waals surface area contributed by atoms with Gasteiger partial charge in [0, 0.05) is 10.5 Å². The first-order valence-corrected chi connectivity index (χ1v) is 8.62. The Bertz CT molecular complexity index is 780. The van der Waals surface area contributed by atoms with Gasteiger partial charge < -0.3 is 14.2 Å². The predicted octanol–water partition coefficient (Wildman–Crippen LogP) is 4.02. The third kappa shape index (κ3) is 3.30. The molecule has 0 spiro atoms. The van der Waals surface area contributed by atoms with Crippen molar-refractivity contribution in [2.75, 3.05) is 27.6 Å². The molecule has 0 saturated heterocycles. The smallest absolute Gasteiger partial charge is 0.225 e. The van der Waals surface area contributed by atoms with Gasteiger partial charge in [0.1, 0.15) is 0 Å². The van der Waals surface area contributed by atoms with E-state index in [9.17, 15) is 4.79 Å². The lowest BCUT2D eigenvalue weighted by Gasteiger charge is -2.15. The Hall–Kier alpha value is -1.92. The van der Waals surface area contributed by atoms with E-state index in [4.69, 9.17) is 25.8 Å². The molecule has 0 saturated carbocycles. The van der Waals surface area contributed by atoms with Gasteiger partial charge in [0.2, 0.25) is 5.88 Å². The number of aromatic nitrogens is 1. The Balaban J connectivity index is 2.68. The number of ketones is 1. The van der Waals surface area contributed by atoms with Crippen LogP contribution in [0, 0.1) is 6.92 Å². The summed E-state index contributed by atoms with van der Waals surface area (Å²) in [5, 5.41) is 0.407. The van der Waals surface area contributed by atoms with Crippen molar-refractivity contribution < 1.29 is 19.0 Å². The Labute approximate surface area is 150 Å². The number of aryl methyl sites for hydroxylation is 1. The summed E-state index contributed by atoms with van der Waals surface area (Å²) in [5.74, 6) is 1.05. The van der Waals surface area contributed by atoms with Gasteiger partial charge in [-0.15, -0.1) is 11.8 Å². The zero-order valence-corrected chi connectivity index (χ0v) is 15.7. The van der Waals surface area contributed by atoms with E-state index in [1.807, 2.05) is 13.2 Å². The van der Waals surface area contributed by atoms with Crippen molar-refractivity contribution in [3.8, 4) is 17.4 Å². The molecule has 1 heterocycles. The molecule has 5 nitrogen and oxygen atoms in total.